The van der Waals surface area contributed by atoms with Crippen LogP contribution in [0.2, 0.25) is 0 Å². The smallest absolute Gasteiger partial charge is 0.238 e. The van der Waals surface area contributed by atoms with Gasteiger partial charge in [0.15, 0.2) is 0 Å². The monoisotopic (exact) mass is 290 g/mol. The molecule has 3 N–H and O–H groups in total. The summed E-state index contributed by atoms with van der Waals surface area (Å²) in [7, 11) is 2.16. The molecule has 1 atom stereocenters. The summed E-state index contributed by atoms with van der Waals surface area (Å²) in [5.41, 5.74) is 8.28. The third kappa shape index (κ3) is 4.19. The van der Waals surface area contributed by atoms with Crippen molar-refractivity contribution in [2.24, 2.45) is 0 Å². The van der Waals surface area contributed by atoms with Crippen molar-refractivity contribution in [2.75, 3.05) is 44.3 Å². The van der Waals surface area contributed by atoms with Gasteiger partial charge in [-0.2, -0.15) is 0 Å². The number of hydrogen-bond donors (Lipinski definition) is 2. The van der Waals surface area contributed by atoms with Crippen molar-refractivity contribution in [1.82, 2.24) is 9.80 Å². The van der Waals surface area contributed by atoms with E-state index in [1.54, 1.807) is 0 Å². The van der Waals surface area contributed by atoms with Crippen LogP contribution in [0.5, 0.6) is 0 Å². The molecular formula is C16H26N4O. The first-order chi connectivity index (χ1) is 9.99. The van der Waals surface area contributed by atoms with E-state index in [1.807, 2.05) is 25.1 Å². The fraction of sp³-hybridized carbons (Fsp3) is 0.562. The van der Waals surface area contributed by atoms with Gasteiger partial charge in [0.1, 0.15) is 0 Å². The Balaban J connectivity index is 1.90. The number of amides is 1. The number of rotatable bonds is 4. The molecule has 5 heteroatoms. The maximum atomic E-state index is 12.2. The summed E-state index contributed by atoms with van der Waals surface area (Å²) >= 11 is 0. The summed E-state index contributed by atoms with van der Waals surface area (Å²) in [6.07, 6.45) is 1.12. The number of aryl methyl sites for hydroxylation is 1. The van der Waals surface area contributed by atoms with E-state index in [1.165, 1.54) is 0 Å². The first-order valence-electron chi connectivity index (χ1n) is 7.58. The van der Waals surface area contributed by atoms with E-state index in [2.05, 4.69) is 29.1 Å². The minimum atomic E-state index is 0.0438. The Bertz CT molecular complexity index is 503. The van der Waals surface area contributed by atoms with Crippen LogP contribution >= 0.6 is 0 Å². The number of carbonyl (C=O) groups is 1. The van der Waals surface area contributed by atoms with Crippen LogP contribution in [0, 0.1) is 6.92 Å². The first-order valence-corrected chi connectivity index (χ1v) is 7.58. The molecule has 1 aromatic carbocycles. The number of nitrogens with one attached hydrogen (secondary N) is 1. The van der Waals surface area contributed by atoms with Gasteiger partial charge in [-0.3, -0.25) is 9.69 Å². The average molecular weight is 290 g/mol. The molecule has 1 saturated heterocycles. The predicted octanol–water partition coefficient (Wildman–Crippen LogP) is 1.54. The maximum Gasteiger partial charge on any atom is 0.238 e. The zero-order valence-corrected chi connectivity index (χ0v) is 13.2. The van der Waals surface area contributed by atoms with Crippen LogP contribution in [0.25, 0.3) is 0 Å². The van der Waals surface area contributed by atoms with E-state index in [-0.39, 0.29) is 5.91 Å². The molecule has 1 aliphatic heterocycles. The van der Waals surface area contributed by atoms with Gasteiger partial charge in [-0.25, -0.2) is 0 Å². The Hall–Kier alpha value is -1.59. The second kappa shape index (κ2) is 6.91. The van der Waals surface area contributed by atoms with Crippen LogP contribution in [0.4, 0.5) is 11.4 Å². The molecule has 1 aliphatic rings. The summed E-state index contributed by atoms with van der Waals surface area (Å²) in [6, 6.07) is 6.09. The molecule has 0 spiro atoms. The lowest BCUT2D eigenvalue weighted by Gasteiger charge is -2.38. The Morgan fingerprint density at radius 2 is 2.19 bits per heavy atom. The number of likely N-dealkylation sites (N-methyl/N-ethyl adjacent to an activating group) is 1. The zero-order chi connectivity index (χ0) is 15.4. The third-order valence-electron chi connectivity index (χ3n) is 4.22. The quantitative estimate of drug-likeness (QED) is 0.826. The van der Waals surface area contributed by atoms with Crippen LogP contribution in [-0.2, 0) is 4.79 Å². The highest BCUT2D eigenvalue weighted by Gasteiger charge is 2.24. The minimum absolute atomic E-state index is 0.0438. The maximum absolute atomic E-state index is 12.2. The van der Waals surface area contributed by atoms with E-state index in [0.717, 1.165) is 43.0 Å². The van der Waals surface area contributed by atoms with Gasteiger partial charge in [0.25, 0.3) is 0 Å². The van der Waals surface area contributed by atoms with Gasteiger partial charge < -0.3 is 16.0 Å². The highest BCUT2D eigenvalue weighted by Crippen LogP contribution is 2.18. The fourth-order valence-electron chi connectivity index (χ4n) is 2.81. The number of nitrogen functional groups attached to an aromatic ring is 1. The molecule has 1 amide bonds. The van der Waals surface area contributed by atoms with E-state index >= 15 is 0 Å². The zero-order valence-electron chi connectivity index (χ0n) is 13.2. The van der Waals surface area contributed by atoms with Gasteiger partial charge in [0.05, 0.1) is 6.54 Å². The van der Waals surface area contributed by atoms with Crippen LogP contribution in [0.15, 0.2) is 18.2 Å². The van der Waals surface area contributed by atoms with Crippen molar-refractivity contribution < 1.29 is 4.79 Å². The van der Waals surface area contributed by atoms with Gasteiger partial charge >= 0.3 is 0 Å². The van der Waals surface area contributed by atoms with Crippen LogP contribution in [-0.4, -0.2) is 55.0 Å². The lowest BCUT2D eigenvalue weighted by molar-refractivity contribution is -0.118. The van der Waals surface area contributed by atoms with Crippen LogP contribution < -0.4 is 11.1 Å². The number of nitrogens with zero attached hydrogens (tertiary/aromatic N) is 2. The van der Waals surface area contributed by atoms with Gasteiger partial charge in [0.2, 0.25) is 5.91 Å². The Morgan fingerprint density at radius 3 is 2.86 bits per heavy atom. The van der Waals surface area contributed by atoms with E-state index in [4.69, 9.17) is 5.73 Å². The van der Waals surface area contributed by atoms with E-state index in [0.29, 0.717) is 12.6 Å². The number of carbonyl (C=O) groups excluding carboxylic acids is 1. The standard InChI is InChI=1S/C16H26N4O/c1-4-14-10-20(8-7-19(14)3)11-16(21)18-15-6-5-13(17)9-12(15)2/h5-6,9,14H,4,7-8,10-11,17H2,1-3H3,(H,18,21). The molecule has 116 valence electrons. The summed E-state index contributed by atoms with van der Waals surface area (Å²) < 4.78 is 0. The molecule has 0 bridgehead atoms. The molecule has 21 heavy (non-hydrogen) atoms. The summed E-state index contributed by atoms with van der Waals surface area (Å²) in [6.45, 7) is 7.53. The summed E-state index contributed by atoms with van der Waals surface area (Å²) in [5, 5.41) is 2.98. The topological polar surface area (TPSA) is 61.6 Å². The number of piperazine rings is 1. The van der Waals surface area contributed by atoms with E-state index < -0.39 is 0 Å². The van der Waals surface area contributed by atoms with Crippen molar-refractivity contribution in [2.45, 2.75) is 26.3 Å². The Morgan fingerprint density at radius 1 is 1.43 bits per heavy atom. The van der Waals surface area contributed by atoms with Crippen molar-refractivity contribution in [1.29, 1.82) is 0 Å². The molecule has 1 fully saturated rings. The molecule has 5 nitrogen and oxygen atoms in total. The Kier molecular flexibility index (Phi) is 5.20. The van der Waals surface area contributed by atoms with Gasteiger partial charge in [0, 0.05) is 37.1 Å². The molecular weight excluding hydrogens is 264 g/mol. The molecule has 0 saturated carbocycles. The van der Waals surface area contributed by atoms with Crippen LogP contribution in [0.1, 0.15) is 18.9 Å². The lowest BCUT2D eigenvalue weighted by atomic mass is 10.1. The molecule has 0 radical (unpaired) electrons. The van der Waals surface area contributed by atoms with Crippen LogP contribution in [0.3, 0.4) is 0 Å². The van der Waals surface area contributed by atoms with Crippen molar-refractivity contribution >= 4 is 17.3 Å². The second-order valence-electron chi connectivity index (χ2n) is 5.90. The second-order valence-corrected chi connectivity index (χ2v) is 5.90. The molecule has 1 unspecified atom stereocenters. The number of nitrogens with two attached hydrogens (primary N) is 1. The molecule has 1 heterocycles. The SMILES string of the molecule is CCC1CN(CC(=O)Nc2ccc(N)cc2C)CCN1C. The van der Waals surface area contributed by atoms with Crippen molar-refractivity contribution in [3.05, 3.63) is 23.8 Å². The molecule has 1 aromatic rings. The fourth-order valence-corrected chi connectivity index (χ4v) is 2.81. The molecule has 0 aromatic heterocycles. The molecule has 2 rings (SSSR count). The van der Waals surface area contributed by atoms with Gasteiger partial charge in [-0.15, -0.1) is 0 Å². The summed E-state index contributed by atoms with van der Waals surface area (Å²) in [4.78, 5) is 16.8. The minimum Gasteiger partial charge on any atom is -0.399 e. The Labute approximate surface area is 127 Å². The number of hydrogen-bond acceptors (Lipinski definition) is 4. The highest BCUT2D eigenvalue weighted by atomic mass is 16.2. The van der Waals surface area contributed by atoms with Gasteiger partial charge in [-0.05, 0) is 44.2 Å². The molecule has 0 aliphatic carbocycles. The lowest BCUT2D eigenvalue weighted by Crippen LogP contribution is -2.52. The predicted molar refractivity (Wildman–Crippen MR) is 87.4 cm³/mol. The normalized spacial score (nSPS) is 20.4. The highest BCUT2D eigenvalue weighted by molar-refractivity contribution is 5.93. The first kappa shape index (κ1) is 15.8. The largest absolute Gasteiger partial charge is 0.399 e. The van der Waals surface area contributed by atoms with E-state index in [9.17, 15) is 4.79 Å². The number of benzene rings is 1. The summed E-state index contributed by atoms with van der Waals surface area (Å²) in [5.74, 6) is 0.0438. The van der Waals surface area contributed by atoms with Crippen molar-refractivity contribution in [3.8, 4) is 0 Å². The van der Waals surface area contributed by atoms with Crippen molar-refractivity contribution in [3.63, 3.8) is 0 Å². The van der Waals surface area contributed by atoms with Gasteiger partial charge in [-0.1, -0.05) is 6.92 Å². The third-order valence-corrected chi connectivity index (χ3v) is 4.22. The average Bonchev–Trinajstić information content (AvgIpc) is 2.44. The number of anilines is 2.